The van der Waals surface area contributed by atoms with Gasteiger partial charge in [0, 0.05) is 6.20 Å². The summed E-state index contributed by atoms with van der Waals surface area (Å²) in [6, 6.07) is 5.95. The van der Waals surface area contributed by atoms with Gasteiger partial charge in [-0.3, -0.25) is 9.78 Å². The zero-order chi connectivity index (χ0) is 16.6. The van der Waals surface area contributed by atoms with E-state index in [-0.39, 0.29) is 5.92 Å². The number of rotatable bonds is 3. The van der Waals surface area contributed by atoms with Crippen molar-refractivity contribution >= 4 is 5.97 Å². The molecular formula is C18H17F2NO2. The van der Waals surface area contributed by atoms with Crippen LogP contribution in [0, 0.1) is 18.6 Å². The second-order valence-corrected chi connectivity index (χ2v) is 6.18. The van der Waals surface area contributed by atoms with E-state index < -0.39 is 23.0 Å². The average molecular weight is 317 g/mol. The molecule has 0 radical (unpaired) electrons. The Morgan fingerprint density at radius 2 is 2.13 bits per heavy atom. The summed E-state index contributed by atoms with van der Waals surface area (Å²) >= 11 is 0. The molecule has 0 aliphatic heterocycles. The van der Waals surface area contributed by atoms with E-state index in [1.807, 2.05) is 0 Å². The molecule has 23 heavy (non-hydrogen) atoms. The minimum atomic E-state index is -1.14. The van der Waals surface area contributed by atoms with Crippen molar-refractivity contribution in [2.75, 3.05) is 0 Å². The summed E-state index contributed by atoms with van der Waals surface area (Å²) in [5.74, 6) is -1.90. The van der Waals surface area contributed by atoms with Crippen molar-refractivity contribution in [3.8, 4) is 0 Å². The van der Waals surface area contributed by atoms with E-state index in [0.717, 1.165) is 6.20 Å². The Morgan fingerprint density at radius 3 is 2.83 bits per heavy atom. The molecule has 0 bridgehead atoms. The van der Waals surface area contributed by atoms with Gasteiger partial charge in [-0.05, 0) is 60.9 Å². The number of hydrogen-bond acceptors (Lipinski definition) is 2. The standard InChI is InChI=1S/C18H17F2NO2/c1-11-15(3-2-4-16(11)20)18(17(22)23)6-5-12(8-18)13-7-14(19)10-21-9-13/h2-4,7,9-10,12H,5-6,8H2,1H3,(H,22,23)/t12-,18+/m0/s1. The van der Waals surface area contributed by atoms with Crippen LogP contribution < -0.4 is 0 Å². The molecule has 0 spiro atoms. The number of aromatic nitrogens is 1. The van der Waals surface area contributed by atoms with Gasteiger partial charge in [0.1, 0.15) is 11.6 Å². The molecule has 0 unspecified atom stereocenters. The molecule has 1 fully saturated rings. The predicted molar refractivity (Wildman–Crippen MR) is 81.2 cm³/mol. The largest absolute Gasteiger partial charge is 0.481 e. The Hall–Kier alpha value is -2.30. The first-order valence-corrected chi connectivity index (χ1v) is 7.53. The first-order valence-electron chi connectivity index (χ1n) is 7.53. The summed E-state index contributed by atoms with van der Waals surface area (Å²) in [4.78, 5) is 15.9. The van der Waals surface area contributed by atoms with E-state index >= 15 is 0 Å². The highest BCUT2D eigenvalue weighted by atomic mass is 19.1. The van der Waals surface area contributed by atoms with Crippen LogP contribution in [0.4, 0.5) is 8.78 Å². The van der Waals surface area contributed by atoms with Gasteiger partial charge < -0.3 is 5.11 Å². The zero-order valence-electron chi connectivity index (χ0n) is 12.7. The van der Waals surface area contributed by atoms with Gasteiger partial charge in [0.15, 0.2) is 0 Å². The Kier molecular flexibility index (Phi) is 3.88. The third-order valence-corrected chi connectivity index (χ3v) is 4.90. The van der Waals surface area contributed by atoms with Gasteiger partial charge in [-0.15, -0.1) is 0 Å². The van der Waals surface area contributed by atoms with E-state index in [1.54, 1.807) is 25.3 Å². The summed E-state index contributed by atoms with van der Waals surface area (Å²) in [7, 11) is 0. The number of pyridine rings is 1. The molecule has 1 heterocycles. The lowest BCUT2D eigenvalue weighted by molar-refractivity contribution is -0.143. The van der Waals surface area contributed by atoms with Crippen LogP contribution in [0.25, 0.3) is 0 Å². The first-order chi connectivity index (χ1) is 10.9. The molecule has 1 saturated carbocycles. The van der Waals surface area contributed by atoms with Gasteiger partial charge in [0.05, 0.1) is 11.6 Å². The molecular weight excluding hydrogens is 300 g/mol. The molecule has 1 aromatic carbocycles. The number of carboxylic acids is 1. The molecule has 2 atom stereocenters. The average Bonchev–Trinajstić information content (AvgIpc) is 2.96. The van der Waals surface area contributed by atoms with Gasteiger partial charge in [-0.25, -0.2) is 8.78 Å². The molecule has 3 rings (SSSR count). The minimum Gasteiger partial charge on any atom is -0.481 e. The molecule has 120 valence electrons. The topological polar surface area (TPSA) is 50.2 Å². The quantitative estimate of drug-likeness (QED) is 0.932. The van der Waals surface area contributed by atoms with E-state index in [1.165, 1.54) is 12.1 Å². The fraction of sp³-hybridized carbons (Fsp3) is 0.333. The van der Waals surface area contributed by atoms with Crippen LogP contribution in [-0.4, -0.2) is 16.1 Å². The van der Waals surface area contributed by atoms with E-state index in [2.05, 4.69) is 4.98 Å². The van der Waals surface area contributed by atoms with E-state index in [0.29, 0.717) is 36.0 Å². The molecule has 1 aliphatic carbocycles. The van der Waals surface area contributed by atoms with Crippen molar-refractivity contribution in [2.45, 2.75) is 37.5 Å². The van der Waals surface area contributed by atoms with Crippen molar-refractivity contribution in [3.05, 3.63) is 65.0 Å². The van der Waals surface area contributed by atoms with Crippen LogP contribution in [0.5, 0.6) is 0 Å². The lowest BCUT2D eigenvalue weighted by atomic mass is 9.76. The maximum absolute atomic E-state index is 13.9. The molecule has 0 saturated heterocycles. The van der Waals surface area contributed by atoms with E-state index in [9.17, 15) is 18.7 Å². The van der Waals surface area contributed by atoms with Gasteiger partial charge in [0.2, 0.25) is 0 Å². The lowest BCUT2D eigenvalue weighted by Gasteiger charge is -2.27. The number of carbonyl (C=O) groups is 1. The summed E-state index contributed by atoms with van der Waals surface area (Å²) in [6.07, 6.45) is 4.02. The Bertz CT molecular complexity index is 762. The Labute approximate surface area is 133 Å². The van der Waals surface area contributed by atoms with Crippen LogP contribution >= 0.6 is 0 Å². The van der Waals surface area contributed by atoms with Crippen molar-refractivity contribution in [3.63, 3.8) is 0 Å². The second kappa shape index (κ2) is 5.72. The van der Waals surface area contributed by atoms with Crippen molar-refractivity contribution in [1.82, 2.24) is 4.98 Å². The highest BCUT2D eigenvalue weighted by Crippen LogP contribution is 2.49. The van der Waals surface area contributed by atoms with Gasteiger partial charge in [0.25, 0.3) is 0 Å². The molecule has 1 aromatic heterocycles. The van der Waals surface area contributed by atoms with Gasteiger partial charge in [-0.1, -0.05) is 12.1 Å². The summed E-state index contributed by atoms with van der Waals surface area (Å²) in [5, 5.41) is 9.84. The molecule has 2 aromatic rings. The Balaban J connectivity index is 2.01. The molecule has 3 nitrogen and oxygen atoms in total. The van der Waals surface area contributed by atoms with E-state index in [4.69, 9.17) is 0 Å². The molecule has 5 heteroatoms. The van der Waals surface area contributed by atoms with Crippen molar-refractivity contribution < 1.29 is 18.7 Å². The normalized spacial score (nSPS) is 23.9. The number of nitrogens with zero attached hydrogens (tertiary/aromatic N) is 1. The Morgan fingerprint density at radius 1 is 1.35 bits per heavy atom. The summed E-state index contributed by atoms with van der Waals surface area (Å²) in [6.45, 7) is 1.60. The van der Waals surface area contributed by atoms with Gasteiger partial charge >= 0.3 is 5.97 Å². The maximum atomic E-state index is 13.9. The number of benzene rings is 1. The third kappa shape index (κ3) is 2.60. The van der Waals surface area contributed by atoms with Crippen LogP contribution in [0.3, 0.4) is 0 Å². The number of hydrogen-bond donors (Lipinski definition) is 1. The van der Waals surface area contributed by atoms with Gasteiger partial charge in [-0.2, -0.15) is 0 Å². The smallest absolute Gasteiger partial charge is 0.314 e. The third-order valence-electron chi connectivity index (χ3n) is 4.90. The number of carboxylic acid groups (broad SMARTS) is 1. The number of aliphatic carboxylic acids is 1. The molecule has 1 aliphatic rings. The maximum Gasteiger partial charge on any atom is 0.314 e. The van der Waals surface area contributed by atoms with Crippen molar-refractivity contribution in [1.29, 1.82) is 0 Å². The van der Waals surface area contributed by atoms with Crippen LogP contribution in [0.1, 0.15) is 41.9 Å². The highest BCUT2D eigenvalue weighted by molar-refractivity contribution is 5.82. The van der Waals surface area contributed by atoms with Crippen LogP contribution in [0.15, 0.2) is 36.7 Å². The van der Waals surface area contributed by atoms with Crippen LogP contribution in [-0.2, 0) is 10.2 Å². The highest BCUT2D eigenvalue weighted by Gasteiger charge is 2.48. The summed E-state index contributed by atoms with van der Waals surface area (Å²) < 4.78 is 27.3. The number of halogens is 2. The molecule has 0 amide bonds. The lowest BCUT2D eigenvalue weighted by Crippen LogP contribution is -2.34. The molecule has 1 N–H and O–H groups in total. The van der Waals surface area contributed by atoms with Crippen LogP contribution in [0.2, 0.25) is 0 Å². The predicted octanol–water partition coefficient (Wildman–Crippen LogP) is 3.96. The monoisotopic (exact) mass is 317 g/mol. The second-order valence-electron chi connectivity index (χ2n) is 6.18. The zero-order valence-corrected chi connectivity index (χ0v) is 12.7. The fourth-order valence-electron chi connectivity index (χ4n) is 3.66. The fourth-order valence-corrected chi connectivity index (χ4v) is 3.66. The summed E-state index contributed by atoms with van der Waals surface area (Å²) in [5.41, 5.74) is 0.440. The first kappa shape index (κ1) is 15.6. The van der Waals surface area contributed by atoms with Crippen molar-refractivity contribution in [2.24, 2.45) is 0 Å². The SMILES string of the molecule is Cc1c(F)cccc1[C@@]1(C(=O)O)CC[C@H](c2cncc(F)c2)C1. The minimum absolute atomic E-state index is 0.100.